The highest BCUT2D eigenvalue weighted by atomic mass is 16.5. The number of nitrogens with one attached hydrogen (secondary N) is 2. The second-order valence-corrected chi connectivity index (χ2v) is 3.62. The van der Waals surface area contributed by atoms with E-state index in [9.17, 15) is 0 Å². The van der Waals surface area contributed by atoms with E-state index < -0.39 is 5.84 Å². The summed E-state index contributed by atoms with van der Waals surface area (Å²) in [6, 6.07) is 6.95. The van der Waals surface area contributed by atoms with Crippen LogP contribution in [0.5, 0.6) is 11.5 Å². The maximum atomic E-state index is 8.79. The number of amidine groups is 1. The molecule has 0 aliphatic rings. The van der Waals surface area contributed by atoms with Crippen LogP contribution in [-0.4, -0.2) is 24.8 Å². The van der Waals surface area contributed by atoms with Gasteiger partial charge in [0.2, 0.25) is 5.71 Å². The van der Waals surface area contributed by atoms with Gasteiger partial charge in [-0.2, -0.15) is 10.4 Å². The van der Waals surface area contributed by atoms with E-state index in [1.165, 1.54) is 0 Å². The molecular formula is C13H17N5O2. The Morgan fingerprint density at radius 2 is 2.10 bits per heavy atom. The highest BCUT2D eigenvalue weighted by Gasteiger charge is 2.07. The highest BCUT2D eigenvalue weighted by Crippen LogP contribution is 2.29. The Balaban J connectivity index is 3.03. The Kier molecular flexibility index (Phi) is 5.84. The molecule has 4 N–H and O–H groups in total. The van der Waals surface area contributed by atoms with Gasteiger partial charge in [-0.25, -0.2) is 0 Å². The predicted octanol–water partition coefficient (Wildman–Crippen LogP) is 1.71. The Morgan fingerprint density at radius 3 is 2.65 bits per heavy atom. The zero-order valence-electron chi connectivity index (χ0n) is 11.4. The van der Waals surface area contributed by atoms with Crippen molar-refractivity contribution in [2.75, 3.05) is 18.6 Å². The molecule has 106 valence electrons. The number of hydrazone groups is 1. The van der Waals surface area contributed by atoms with Crippen LogP contribution in [0.2, 0.25) is 0 Å². The summed E-state index contributed by atoms with van der Waals surface area (Å²) in [4.78, 5) is 0. The van der Waals surface area contributed by atoms with Gasteiger partial charge in [-0.3, -0.25) is 10.8 Å². The summed E-state index contributed by atoms with van der Waals surface area (Å²) in [6.45, 7) is 4.77. The number of ether oxygens (including phenoxy) is 2. The van der Waals surface area contributed by atoms with Crippen molar-refractivity contribution in [1.29, 1.82) is 10.7 Å². The van der Waals surface area contributed by atoms with E-state index in [2.05, 4.69) is 10.5 Å². The molecule has 0 aliphatic heterocycles. The summed E-state index contributed by atoms with van der Waals surface area (Å²) in [5.41, 5.74) is 8.22. The Hall–Kier alpha value is -2.75. The van der Waals surface area contributed by atoms with Gasteiger partial charge in [0.15, 0.2) is 5.84 Å². The fraction of sp³-hybridized carbons (Fsp3) is 0.308. The zero-order valence-corrected chi connectivity index (χ0v) is 11.4. The molecule has 0 saturated carbocycles. The summed E-state index contributed by atoms with van der Waals surface area (Å²) in [5, 5.41) is 19.8. The minimum Gasteiger partial charge on any atom is -0.494 e. The molecule has 0 aromatic heterocycles. The van der Waals surface area contributed by atoms with Gasteiger partial charge in [0, 0.05) is 6.07 Å². The standard InChI is InChI=1S/C13H17N5O2/c1-3-19-9-5-6-12(20-4-2)10(7-9)17-18-11(8-14)13(15)16/h5-7,17H,3-4H2,1-2H3,(H3,15,16)/b18-11+. The van der Waals surface area contributed by atoms with Crippen LogP contribution >= 0.6 is 0 Å². The summed E-state index contributed by atoms with van der Waals surface area (Å²) >= 11 is 0. The number of nitrogens with two attached hydrogens (primary N) is 1. The quantitative estimate of drug-likeness (QED) is 0.398. The molecule has 0 saturated heterocycles. The highest BCUT2D eigenvalue weighted by molar-refractivity contribution is 6.45. The summed E-state index contributed by atoms with van der Waals surface area (Å²) in [7, 11) is 0. The van der Waals surface area contributed by atoms with Crippen LogP contribution < -0.4 is 20.6 Å². The molecule has 0 bridgehead atoms. The van der Waals surface area contributed by atoms with Gasteiger partial charge in [0.1, 0.15) is 23.3 Å². The summed E-state index contributed by atoms with van der Waals surface area (Å²) < 4.78 is 10.8. The number of nitrogens with zero attached hydrogens (tertiary/aromatic N) is 2. The second-order valence-electron chi connectivity index (χ2n) is 3.62. The second kappa shape index (κ2) is 7.63. The fourth-order valence-electron chi connectivity index (χ4n) is 1.40. The van der Waals surface area contributed by atoms with Crippen molar-refractivity contribution in [1.82, 2.24) is 0 Å². The first-order chi connectivity index (χ1) is 9.62. The molecule has 0 radical (unpaired) electrons. The van der Waals surface area contributed by atoms with E-state index >= 15 is 0 Å². The first-order valence-corrected chi connectivity index (χ1v) is 6.10. The van der Waals surface area contributed by atoms with Crippen molar-refractivity contribution in [3.05, 3.63) is 18.2 Å². The van der Waals surface area contributed by atoms with Crippen molar-refractivity contribution in [3.63, 3.8) is 0 Å². The molecule has 7 heteroatoms. The normalized spacial score (nSPS) is 10.6. The average molecular weight is 275 g/mol. The summed E-state index contributed by atoms with van der Waals surface area (Å²) in [5.74, 6) is 0.814. The average Bonchev–Trinajstić information content (AvgIpc) is 2.42. The van der Waals surface area contributed by atoms with Gasteiger partial charge in [-0.1, -0.05) is 0 Å². The van der Waals surface area contributed by atoms with Crippen LogP contribution in [0.4, 0.5) is 5.69 Å². The molecule has 1 aromatic rings. The Bertz CT molecular complexity index is 548. The number of rotatable bonds is 7. The maximum Gasteiger partial charge on any atom is 0.201 e. The topological polar surface area (TPSA) is 117 Å². The molecule has 1 aromatic carbocycles. The van der Waals surface area contributed by atoms with Crippen LogP contribution in [0.15, 0.2) is 23.3 Å². The summed E-state index contributed by atoms with van der Waals surface area (Å²) in [6.07, 6.45) is 0. The van der Waals surface area contributed by atoms with E-state index in [1.807, 2.05) is 13.8 Å². The molecule has 0 unspecified atom stereocenters. The first-order valence-electron chi connectivity index (χ1n) is 6.10. The van der Waals surface area contributed by atoms with Gasteiger partial charge in [0.25, 0.3) is 0 Å². The number of hydrogen-bond donors (Lipinski definition) is 3. The zero-order chi connectivity index (χ0) is 15.0. The Labute approximate surface area is 117 Å². The van der Waals surface area contributed by atoms with Crippen molar-refractivity contribution >= 4 is 17.2 Å². The van der Waals surface area contributed by atoms with E-state index in [0.29, 0.717) is 30.4 Å². The maximum absolute atomic E-state index is 8.79. The molecule has 7 nitrogen and oxygen atoms in total. The SMILES string of the molecule is CCOc1ccc(OCC)c(N/N=C(\C#N)C(=N)N)c1. The number of nitriles is 1. The Morgan fingerprint density at radius 1 is 1.40 bits per heavy atom. The molecule has 0 aliphatic carbocycles. The smallest absolute Gasteiger partial charge is 0.201 e. The number of anilines is 1. The first kappa shape index (κ1) is 15.3. The van der Waals surface area contributed by atoms with Crippen molar-refractivity contribution in [2.24, 2.45) is 10.8 Å². The van der Waals surface area contributed by atoms with Crippen LogP contribution in [0.25, 0.3) is 0 Å². The van der Waals surface area contributed by atoms with Gasteiger partial charge in [-0.05, 0) is 26.0 Å². The lowest BCUT2D eigenvalue weighted by Gasteiger charge is -2.12. The largest absolute Gasteiger partial charge is 0.494 e. The molecule has 1 rings (SSSR count). The molecule has 0 heterocycles. The molecule has 0 amide bonds. The lowest BCUT2D eigenvalue weighted by atomic mass is 10.3. The minimum atomic E-state index is -0.404. The van der Waals surface area contributed by atoms with Crippen LogP contribution in [0, 0.1) is 16.7 Å². The van der Waals surface area contributed by atoms with E-state index in [1.54, 1.807) is 24.3 Å². The van der Waals surface area contributed by atoms with Crippen LogP contribution in [0.1, 0.15) is 13.8 Å². The molecule has 0 atom stereocenters. The third-order valence-electron chi connectivity index (χ3n) is 2.21. The predicted molar refractivity (Wildman–Crippen MR) is 77.4 cm³/mol. The third kappa shape index (κ3) is 4.17. The van der Waals surface area contributed by atoms with Gasteiger partial charge < -0.3 is 15.2 Å². The van der Waals surface area contributed by atoms with Crippen LogP contribution in [0.3, 0.4) is 0 Å². The fourth-order valence-corrected chi connectivity index (χ4v) is 1.40. The molecule has 20 heavy (non-hydrogen) atoms. The van der Waals surface area contributed by atoms with Gasteiger partial charge in [0.05, 0.1) is 13.2 Å². The van der Waals surface area contributed by atoms with Crippen LogP contribution in [-0.2, 0) is 0 Å². The molecular weight excluding hydrogens is 258 g/mol. The van der Waals surface area contributed by atoms with E-state index in [0.717, 1.165) is 0 Å². The van der Waals surface area contributed by atoms with E-state index in [-0.39, 0.29) is 5.71 Å². The van der Waals surface area contributed by atoms with Gasteiger partial charge in [-0.15, -0.1) is 0 Å². The molecule has 0 fully saturated rings. The van der Waals surface area contributed by atoms with Gasteiger partial charge >= 0.3 is 0 Å². The monoisotopic (exact) mass is 275 g/mol. The molecule has 0 spiro atoms. The van der Waals surface area contributed by atoms with Crippen molar-refractivity contribution in [2.45, 2.75) is 13.8 Å². The lowest BCUT2D eigenvalue weighted by Crippen LogP contribution is -2.21. The number of hydrogen-bond acceptors (Lipinski definition) is 6. The number of benzene rings is 1. The lowest BCUT2D eigenvalue weighted by molar-refractivity contribution is 0.332. The van der Waals surface area contributed by atoms with Crippen molar-refractivity contribution in [3.8, 4) is 17.6 Å². The van der Waals surface area contributed by atoms with Crippen molar-refractivity contribution < 1.29 is 9.47 Å². The van der Waals surface area contributed by atoms with E-state index in [4.69, 9.17) is 25.9 Å². The third-order valence-corrected chi connectivity index (χ3v) is 2.21. The minimum absolute atomic E-state index is 0.200.